The minimum Gasteiger partial charge on any atom is -0.400 e. The maximum atomic E-state index is 13.3. The van der Waals surface area contributed by atoms with Gasteiger partial charge in [0.25, 0.3) is 0 Å². The van der Waals surface area contributed by atoms with E-state index in [0.717, 1.165) is 58.1 Å². The summed E-state index contributed by atoms with van der Waals surface area (Å²) >= 11 is 0. The maximum absolute atomic E-state index is 13.3. The van der Waals surface area contributed by atoms with Gasteiger partial charge in [-0.05, 0) is 57.5 Å². The topological polar surface area (TPSA) is 97.8 Å². The van der Waals surface area contributed by atoms with Crippen molar-refractivity contribution in [3.05, 3.63) is 103 Å². The molecule has 1 unspecified atom stereocenters. The van der Waals surface area contributed by atoms with Crippen LogP contribution in [-0.4, -0.2) is 71.5 Å². The Morgan fingerprint density at radius 1 is 1.02 bits per heavy atom. The molecule has 1 atom stereocenters. The van der Waals surface area contributed by atoms with E-state index in [9.17, 15) is 9.00 Å². The predicted molar refractivity (Wildman–Crippen MR) is 177 cm³/mol. The Morgan fingerprint density at radius 3 is 2.45 bits per heavy atom. The molecule has 8 nitrogen and oxygen atoms in total. The molecule has 0 aliphatic heterocycles. The van der Waals surface area contributed by atoms with Crippen molar-refractivity contribution in [1.82, 2.24) is 20.5 Å². The normalized spacial score (nSPS) is 11.8. The number of likely N-dealkylation sites (N-methyl/N-ethyl adjacent to an activating group) is 1. The van der Waals surface area contributed by atoms with Crippen molar-refractivity contribution in [3.8, 4) is 0 Å². The first-order chi connectivity index (χ1) is 20.5. The zero-order valence-corrected chi connectivity index (χ0v) is 26.3. The summed E-state index contributed by atoms with van der Waals surface area (Å²) in [5.41, 5.74) is 1.98. The summed E-state index contributed by atoms with van der Waals surface area (Å²) in [6, 6.07) is 12.9. The fourth-order valence-electron chi connectivity index (χ4n) is 4.12. The molecular weight excluding hydrogens is 546 g/mol. The molecular formula is C33H49N5O3S. The maximum Gasteiger partial charge on any atom is 0.224 e. The lowest BCUT2D eigenvalue weighted by atomic mass is 10.1. The van der Waals surface area contributed by atoms with Gasteiger partial charge in [0.05, 0.1) is 17.9 Å². The lowest BCUT2D eigenvalue weighted by molar-refractivity contribution is -0.120. The number of carbonyl (C=O) groups excluding carboxylic acids is 1. The Morgan fingerprint density at radius 2 is 1.76 bits per heavy atom. The van der Waals surface area contributed by atoms with Crippen molar-refractivity contribution in [3.63, 3.8) is 0 Å². The first-order valence-electron chi connectivity index (χ1n) is 14.4. The van der Waals surface area contributed by atoms with Crippen molar-refractivity contribution in [2.75, 3.05) is 50.7 Å². The van der Waals surface area contributed by atoms with E-state index in [1.165, 1.54) is 5.70 Å². The Kier molecular flexibility index (Phi) is 20.1. The van der Waals surface area contributed by atoms with Crippen molar-refractivity contribution in [1.29, 1.82) is 0 Å². The largest absolute Gasteiger partial charge is 0.400 e. The lowest BCUT2D eigenvalue weighted by Crippen LogP contribution is -2.31. The Labute approximate surface area is 255 Å². The van der Waals surface area contributed by atoms with Gasteiger partial charge in [-0.25, -0.2) is 9.19 Å². The molecule has 0 spiro atoms. The second-order valence-electron chi connectivity index (χ2n) is 9.24. The van der Waals surface area contributed by atoms with Crippen LogP contribution in [0, 0.1) is 0 Å². The van der Waals surface area contributed by atoms with Crippen LogP contribution in [0.3, 0.4) is 0 Å². The summed E-state index contributed by atoms with van der Waals surface area (Å²) in [5, 5.41) is 13.5. The van der Waals surface area contributed by atoms with Crippen molar-refractivity contribution >= 4 is 22.7 Å². The number of aliphatic hydroxyl groups excluding tert-OH is 1. The molecule has 0 bridgehead atoms. The third kappa shape index (κ3) is 13.9. The second-order valence-corrected chi connectivity index (χ2v) is 10.7. The van der Waals surface area contributed by atoms with Gasteiger partial charge in [0, 0.05) is 50.7 Å². The highest BCUT2D eigenvalue weighted by atomic mass is 32.2. The van der Waals surface area contributed by atoms with E-state index in [1.807, 2.05) is 48.6 Å². The summed E-state index contributed by atoms with van der Waals surface area (Å²) in [7, 11) is -0.466. The van der Waals surface area contributed by atoms with Gasteiger partial charge < -0.3 is 20.6 Å². The van der Waals surface area contributed by atoms with E-state index >= 15 is 0 Å². The third-order valence-corrected chi connectivity index (χ3v) is 7.67. The monoisotopic (exact) mass is 595 g/mol. The smallest absolute Gasteiger partial charge is 0.224 e. The number of aliphatic hydroxyl groups is 1. The zero-order valence-electron chi connectivity index (χ0n) is 25.5. The van der Waals surface area contributed by atoms with E-state index in [2.05, 4.69) is 53.6 Å². The fourth-order valence-corrected chi connectivity index (χ4v) is 5.33. The number of benzene rings is 1. The van der Waals surface area contributed by atoms with E-state index in [-0.39, 0.29) is 12.3 Å². The Bertz CT molecular complexity index is 1140. The molecule has 1 heterocycles. The number of hydrogen-bond donors (Lipinski definition) is 3. The average Bonchev–Trinajstić information content (AvgIpc) is 3.02. The molecule has 1 aromatic heterocycles. The van der Waals surface area contributed by atoms with Crippen LogP contribution < -0.4 is 14.9 Å². The first kappa shape index (κ1) is 36.5. The number of nitrogens with zero attached hydrogens (tertiary/aromatic N) is 3. The highest BCUT2D eigenvalue weighted by Crippen LogP contribution is 2.23. The van der Waals surface area contributed by atoms with Crippen molar-refractivity contribution < 1.29 is 14.1 Å². The Balaban J connectivity index is 0.00000431. The molecule has 42 heavy (non-hydrogen) atoms. The number of hydrogen-bond acceptors (Lipinski definition) is 6. The van der Waals surface area contributed by atoms with Gasteiger partial charge in [-0.3, -0.25) is 9.10 Å². The molecule has 3 N–H and O–H groups in total. The predicted octanol–water partition coefficient (Wildman–Crippen LogP) is 4.79. The van der Waals surface area contributed by atoms with Gasteiger partial charge in [-0.2, -0.15) is 0 Å². The molecule has 1 amide bonds. The molecule has 2 rings (SSSR count). The van der Waals surface area contributed by atoms with Gasteiger partial charge >= 0.3 is 0 Å². The van der Waals surface area contributed by atoms with Gasteiger partial charge in [0.2, 0.25) is 5.91 Å². The first-order valence-corrected chi connectivity index (χ1v) is 15.5. The minimum absolute atomic E-state index is 0.0672. The van der Waals surface area contributed by atoms with Crippen molar-refractivity contribution in [2.24, 2.45) is 0 Å². The van der Waals surface area contributed by atoms with E-state index in [0.29, 0.717) is 23.8 Å². The molecule has 230 valence electrons. The van der Waals surface area contributed by atoms with Gasteiger partial charge in [-0.15, -0.1) is 6.58 Å². The average molecular weight is 596 g/mol. The highest BCUT2D eigenvalue weighted by molar-refractivity contribution is 7.86. The second kappa shape index (κ2) is 23.1. The molecule has 1 aromatic carbocycles. The van der Waals surface area contributed by atoms with Crippen LogP contribution >= 0.6 is 0 Å². The van der Waals surface area contributed by atoms with Gasteiger partial charge in [-0.1, -0.05) is 61.6 Å². The van der Waals surface area contributed by atoms with Crippen LogP contribution in [0.15, 0.2) is 103 Å². The number of pyridine rings is 1. The minimum atomic E-state index is -1.47. The number of rotatable bonds is 20. The van der Waals surface area contributed by atoms with E-state index in [1.54, 1.807) is 28.7 Å². The van der Waals surface area contributed by atoms with Crippen molar-refractivity contribution in [2.45, 2.75) is 44.4 Å². The molecule has 0 fully saturated rings. The molecule has 0 radical (unpaired) electrons. The van der Waals surface area contributed by atoms with E-state index in [4.69, 9.17) is 5.11 Å². The summed E-state index contributed by atoms with van der Waals surface area (Å²) < 4.78 is 14.9. The molecule has 0 aliphatic rings. The summed E-state index contributed by atoms with van der Waals surface area (Å²) in [5.74, 6) is 0.466. The summed E-state index contributed by atoms with van der Waals surface area (Å²) in [4.78, 5) is 20.2. The lowest BCUT2D eigenvalue weighted by Gasteiger charge is -2.23. The van der Waals surface area contributed by atoms with Crippen LogP contribution in [0.4, 0.5) is 5.82 Å². The number of allylic oxidation sites excluding steroid dienone is 5. The molecule has 0 saturated heterocycles. The quantitative estimate of drug-likeness (QED) is 0.116. The van der Waals surface area contributed by atoms with Gasteiger partial charge in [0.15, 0.2) is 11.0 Å². The SMILES string of the molecule is C=C/C=C\C=C(/C)N(CC)CCNCCCCCNC(=O)Cc1cccnc1N(CC=C)S(=O)c1ccccc1.CO. The van der Waals surface area contributed by atoms with Gasteiger partial charge in [0.1, 0.15) is 5.82 Å². The van der Waals surface area contributed by atoms with Crippen LogP contribution in [0.2, 0.25) is 0 Å². The number of anilines is 1. The number of unbranched alkanes of at least 4 members (excludes halogenated alkanes) is 2. The summed E-state index contributed by atoms with van der Waals surface area (Å²) in [6.45, 7) is 16.6. The van der Waals surface area contributed by atoms with Crippen LogP contribution in [-0.2, 0) is 22.2 Å². The molecule has 9 heteroatoms. The fraction of sp³-hybridized carbons (Fsp3) is 0.394. The standard InChI is InChI=1S/C32H45N5O2S.CH4O/c1-5-8-11-17-28(4)36(7-3)26-24-33-21-14-10-15-22-34-31(38)27-29-18-16-23-35-32(29)37(25-6-2)40(39)30-19-12-9-13-20-30;1-2/h5-6,8-9,11-13,16-20,23,33H,1-2,7,10,14-15,21-22,24-27H2,3-4H3,(H,34,38);2H,1H3/b11-8-,28-17+;. The third-order valence-electron chi connectivity index (χ3n) is 6.27. The van der Waals surface area contributed by atoms with Crippen LogP contribution in [0.5, 0.6) is 0 Å². The van der Waals surface area contributed by atoms with Crippen LogP contribution in [0.25, 0.3) is 0 Å². The summed E-state index contributed by atoms with van der Waals surface area (Å²) in [6.07, 6.45) is 14.4. The molecule has 0 aliphatic carbocycles. The molecule has 2 aromatic rings. The highest BCUT2D eigenvalue weighted by Gasteiger charge is 2.20. The number of amides is 1. The van der Waals surface area contributed by atoms with Crippen LogP contribution in [0.1, 0.15) is 38.7 Å². The Hall–Kier alpha value is -3.53. The number of aromatic nitrogens is 1. The zero-order chi connectivity index (χ0) is 31.0. The number of carbonyl (C=O) groups is 1. The van der Waals surface area contributed by atoms with E-state index < -0.39 is 11.0 Å². The number of nitrogens with one attached hydrogen (secondary N) is 2. The molecule has 0 saturated carbocycles.